The van der Waals surface area contributed by atoms with Crippen LogP contribution in [0.25, 0.3) is 0 Å². The normalized spacial score (nSPS) is 10.3. The lowest BCUT2D eigenvalue weighted by Crippen LogP contribution is -2.01. The van der Waals surface area contributed by atoms with E-state index in [0.717, 1.165) is 35.1 Å². The fourth-order valence-electron chi connectivity index (χ4n) is 1.84. The van der Waals surface area contributed by atoms with E-state index in [1.54, 1.807) is 14.2 Å². The van der Waals surface area contributed by atoms with Crippen LogP contribution in [0.4, 0.5) is 5.69 Å². The van der Waals surface area contributed by atoms with Gasteiger partial charge in [-0.3, -0.25) is 0 Å². The molecule has 0 saturated heterocycles. The predicted molar refractivity (Wildman–Crippen MR) is 75.0 cm³/mol. The second kappa shape index (κ2) is 6.18. The van der Waals surface area contributed by atoms with Crippen LogP contribution < -0.4 is 14.8 Å². The Hall–Kier alpha value is -2.10. The van der Waals surface area contributed by atoms with Gasteiger partial charge in [0.2, 0.25) is 0 Å². The lowest BCUT2D eigenvalue weighted by molar-refractivity contribution is 0.404. The topological polar surface area (TPSA) is 43.6 Å². The van der Waals surface area contributed by atoms with Crippen molar-refractivity contribution in [2.24, 2.45) is 0 Å². The monoisotopic (exact) mass is 261 g/mol. The first-order valence-corrected chi connectivity index (χ1v) is 6.30. The Bertz CT molecular complexity index is 534. The molecule has 4 heteroatoms. The Morgan fingerprint density at radius 2 is 1.84 bits per heavy atom. The summed E-state index contributed by atoms with van der Waals surface area (Å²) in [6, 6.07) is 9.63. The molecule has 0 aliphatic carbocycles. The first-order chi connectivity index (χ1) is 9.26. The average Bonchev–Trinajstić information content (AvgIpc) is 2.92. The summed E-state index contributed by atoms with van der Waals surface area (Å²) in [5.41, 5.74) is 0.885. The van der Waals surface area contributed by atoms with E-state index in [4.69, 9.17) is 13.9 Å². The van der Waals surface area contributed by atoms with Crippen molar-refractivity contribution >= 4 is 5.69 Å². The molecule has 1 N–H and O–H groups in total. The average molecular weight is 261 g/mol. The summed E-state index contributed by atoms with van der Waals surface area (Å²) in [4.78, 5) is 0. The third-order valence-corrected chi connectivity index (χ3v) is 2.93. The Balaban J connectivity index is 2.09. The number of ether oxygens (including phenoxy) is 2. The molecule has 1 aromatic carbocycles. The van der Waals surface area contributed by atoms with Crippen molar-refractivity contribution < 1.29 is 13.9 Å². The third-order valence-electron chi connectivity index (χ3n) is 2.93. The maximum absolute atomic E-state index is 5.65. The van der Waals surface area contributed by atoms with Crippen molar-refractivity contribution in [3.05, 3.63) is 41.9 Å². The number of benzene rings is 1. The summed E-state index contributed by atoms with van der Waals surface area (Å²) >= 11 is 0. The molecule has 0 aliphatic heterocycles. The van der Waals surface area contributed by atoms with Gasteiger partial charge in [-0.05, 0) is 24.3 Å². The molecule has 0 bridgehead atoms. The van der Waals surface area contributed by atoms with Crippen molar-refractivity contribution in [1.29, 1.82) is 0 Å². The van der Waals surface area contributed by atoms with E-state index in [1.165, 1.54) is 0 Å². The van der Waals surface area contributed by atoms with Crippen LogP contribution in [0, 0.1) is 0 Å². The first kappa shape index (κ1) is 13.3. The van der Waals surface area contributed by atoms with E-state index in [1.807, 2.05) is 30.3 Å². The summed E-state index contributed by atoms with van der Waals surface area (Å²) in [5, 5.41) is 3.29. The van der Waals surface area contributed by atoms with Gasteiger partial charge in [-0.1, -0.05) is 6.92 Å². The summed E-state index contributed by atoms with van der Waals surface area (Å²) in [5.74, 6) is 3.47. The van der Waals surface area contributed by atoms with Gasteiger partial charge in [0.1, 0.15) is 23.0 Å². The molecule has 0 spiro atoms. The third kappa shape index (κ3) is 3.22. The second-order valence-corrected chi connectivity index (χ2v) is 4.14. The number of hydrogen-bond acceptors (Lipinski definition) is 4. The molecule has 19 heavy (non-hydrogen) atoms. The molecular formula is C15H19NO3. The van der Waals surface area contributed by atoms with Crippen LogP contribution in [0.2, 0.25) is 0 Å². The van der Waals surface area contributed by atoms with Gasteiger partial charge >= 0.3 is 0 Å². The minimum absolute atomic E-state index is 0.615. The molecule has 0 amide bonds. The molecule has 0 fully saturated rings. The number of hydrogen-bond donors (Lipinski definition) is 1. The van der Waals surface area contributed by atoms with E-state index in [-0.39, 0.29) is 0 Å². The van der Waals surface area contributed by atoms with E-state index in [0.29, 0.717) is 6.54 Å². The summed E-state index contributed by atoms with van der Waals surface area (Å²) < 4.78 is 16.2. The number of rotatable bonds is 6. The summed E-state index contributed by atoms with van der Waals surface area (Å²) in [6.45, 7) is 2.69. The largest absolute Gasteiger partial charge is 0.497 e. The van der Waals surface area contributed by atoms with Crippen molar-refractivity contribution in [2.75, 3.05) is 19.5 Å². The van der Waals surface area contributed by atoms with Gasteiger partial charge in [-0.15, -0.1) is 0 Å². The molecule has 0 aliphatic rings. The minimum Gasteiger partial charge on any atom is -0.497 e. The van der Waals surface area contributed by atoms with Crippen molar-refractivity contribution in [1.82, 2.24) is 0 Å². The first-order valence-electron chi connectivity index (χ1n) is 6.30. The van der Waals surface area contributed by atoms with Crippen LogP contribution >= 0.6 is 0 Å². The molecule has 0 saturated carbocycles. The van der Waals surface area contributed by atoms with Gasteiger partial charge in [0.25, 0.3) is 0 Å². The van der Waals surface area contributed by atoms with E-state index in [2.05, 4.69) is 12.2 Å². The number of furan rings is 1. The fourth-order valence-corrected chi connectivity index (χ4v) is 1.84. The van der Waals surface area contributed by atoms with Gasteiger partial charge in [0.15, 0.2) is 0 Å². The SMILES string of the molecule is CCc1ccc(CNc2cc(OC)ccc2OC)o1. The molecule has 4 nitrogen and oxygen atoms in total. The van der Waals surface area contributed by atoms with Gasteiger partial charge in [0.05, 0.1) is 26.5 Å². The molecule has 0 unspecified atom stereocenters. The van der Waals surface area contributed by atoms with Crippen LogP contribution in [0.1, 0.15) is 18.4 Å². The van der Waals surface area contributed by atoms with Crippen LogP contribution in [-0.4, -0.2) is 14.2 Å². The zero-order valence-corrected chi connectivity index (χ0v) is 11.5. The zero-order chi connectivity index (χ0) is 13.7. The lowest BCUT2D eigenvalue weighted by atomic mass is 10.2. The van der Waals surface area contributed by atoms with Gasteiger partial charge in [0, 0.05) is 12.5 Å². The fraction of sp³-hybridized carbons (Fsp3) is 0.333. The molecule has 1 aromatic heterocycles. The van der Waals surface area contributed by atoms with E-state index >= 15 is 0 Å². The highest BCUT2D eigenvalue weighted by Gasteiger charge is 2.06. The highest BCUT2D eigenvalue weighted by molar-refractivity contribution is 5.59. The molecule has 2 rings (SSSR count). The predicted octanol–water partition coefficient (Wildman–Crippen LogP) is 3.47. The van der Waals surface area contributed by atoms with Crippen LogP contribution in [0.5, 0.6) is 11.5 Å². The quantitative estimate of drug-likeness (QED) is 0.864. The number of aryl methyl sites for hydroxylation is 1. The maximum atomic E-state index is 5.65. The minimum atomic E-state index is 0.615. The molecule has 102 valence electrons. The van der Waals surface area contributed by atoms with Crippen LogP contribution in [-0.2, 0) is 13.0 Å². The van der Waals surface area contributed by atoms with Crippen molar-refractivity contribution in [3.8, 4) is 11.5 Å². The van der Waals surface area contributed by atoms with Crippen molar-refractivity contribution in [2.45, 2.75) is 19.9 Å². The standard InChI is InChI=1S/C15H19NO3/c1-4-11-5-6-13(19-11)10-16-14-9-12(17-2)7-8-15(14)18-3/h5-9,16H,4,10H2,1-3H3. The molecule has 0 radical (unpaired) electrons. The highest BCUT2D eigenvalue weighted by atomic mass is 16.5. The summed E-state index contributed by atoms with van der Waals surface area (Å²) in [6.07, 6.45) is 0.905. The van der Waals surface area contributed by atoms with Crippen LogP contribution in [0.3, 0.4) is 0 Å². The molecule has 0 atom stereocenters. The molecule has 1 heterocycles. The second-order valence-electron chi connectivity index (χ2n) is 4.14. The van der Waals surface area contributed by atoms with Crippen LogP contribution in [0.15, 0.2) is 34.7 Å². The molecule has 2 aromatic rings. The Morgan fingerprint density at radius 1 is 1.05 bits per heavy atom. The van der Waals surface area contributed by atoms with Crippen molar-refractivity contribution in [3.63, 3.8) is 0 Å². The highest BCUT2D eigenvalue weighted by Crippen LogP contribution is 2.29. The smallest absolute Gasteiger partial charge is 0.142 e. The van der Waals surface area contributed by atoms with Gasteiger partial charge in [-0.25, -0.2) is 0 Å². The number of anilines is 1. The zero-order valence-electron chi connectivity index (χ0n) is 11.5. The van der Waals surface area contributed by atoms with Gasteiger partial charge in [-0.2, -0.15) is 0 Å². The van der Waals surface area contributed by atoms with E-state index in [9.17, 15) is 0 Å². The Labute approximate surface area is 113 Å². The Kier molecular flexibility index (Phi) is 4.34. The van der Waals surface area contributed by atoms with Gasteiger partial charge < -0.3 is 19.2 Å². The lowest BCUT2D eigenvalue weighted by Gasteiger charge is -2.11. The number of nitrogens with one attached hydrogen (secondary N) is 1. The molecular weight excluding hydrogens is 242 g/mol. The van der Waals surface area contributed by atoms with E-state index < -0.39 is 0 Å². The Morgan fingerprint density at radius 3 is 2.47 bits per heavy atom. The number of methoxy groups -OCH3 is 2. The maximum Gasteiger partial charge on any atom is 0.142 e. The summed E-state index contributed by atoms with van der Waals surface area (Å²) in [7, 11) is 3.29.